The van der Waals surface area contributed by atoms with Crippen molar-refractivity contribution in [1.29, 1.82) is 0 Å². The van der Waals surface area contributed by atoms with Gasteiger partial charge in [-0.2, -0.15) is 0 Å². The average molecular weight is 368 g/mol. The molecule has 2 aromatic carbocycles. The van der Waals surface area contributed by atoms with E-state index in [0.29, 0.717) is 4.59 Å². The molecule has 5 heteroatoms. The molecule has 0 N–H and O–H groups in total. The van der Waals surface area contributed by atoms with E-state index in [1.165, 1.54) is 0 Å². The molecule has 114 valence electrons. The fraction of sp³-hybridized carbons (Fsp3) is 0.235. The van der Waals surface area contributed by atoms with E-state index >= 15 is 0 Å². The number of hydrogen-bond donors (Lipinski definition) is 0. The summed E-state index contributed by atoms with van der Waals surface area (Å²) in [7, 11) is 0. The first-order valence-corrected chi connectivity index (χ1v) is 8.91. The number of nitrogens with zero attached hydrogens (tertiary/aromatic N) is 1. The summed E-state index contributed by atoms with van der Waals surface area (Å²) >= 11 is -0.722. The van der Waals surface area contributed by atoms with Crippen molar-refractivity contribution in [3.8, 4) is 0 Å². The van der Waals surface area contributed by atoms with Crippen LogP contribution in [-0.2, 0) is 0 Å². The summed E-state index contributed by atoms with van der Waals surface area (Å²) in [4.78, 5) is 4.52. The molecule has 0 unspecified atom stereocenters. The predicted molar refractivity (Wildman–Crippen MR) is 85.0 cm³/mol. The molecule has 0 atom stereocenters. The number of fused-ring (bicyclic) bond motifs is 3. The van der Waals surface area contributed by atoms with Crippen LogP contribution in [0.5, 0.6) is 0 Å². The van der Waals surface area contributed by atoms with Crippen LogP contribution in [0.25, 0.3) is 21.7 Å². The van der Waals surface area contributed by atoms with Gasteiger partial charge in [-0.1, -0.05) is 0 Å². The Hall–Kier alpha value is -1.58. The summed E-state index contributed by atoms with van der Waals surface area (Å²) in [6, 6.07) is 11.7. The van der Waals surface area contributed by atoms with Crippen LogP contribution >= 0.6 is 0 Å². The number of pyridine rings is 1. The molecule has 1 nitrogen and oxygen atoms in total. The molecular weight excluding hydrogens is 354 g/mol. The quantitative estimate of drug-likeness (QED) is 0.485. The second kappa shape index (κ2) is 5.56. The van der Waals surface area contributed by atoms with Gasteiger partial charge in [0.05, 0.1) is 0 Å². The summed E-state index contributed by atoms with van der Waals surface area (Å²) in [6.45, 7) is 3.95. The number of rotatable bonds is 2. The topological polar surface area (TPSA) is 12.9 Å². The Morgan fingerprint density at radius 3 is 2.50 bits per heavy atom. The Bertz CT molecular complexity index is 856. The second-order valence-corrected chi connectivity index (χ2v) is 7.36. The van der Waals surface area contributed by atoms with Gasteiger partial charge in [0, 0.05) is 0 Å². The van der Waals surface area contributed by atoms with E-state index in [1.807, 2.05) is 50.2 Å². The number of para-hydroxylation sites is 1. The third-order valence-electron chi connectivity index (χ3n) is 3.48. The SMILES string of the molecule is Cc1cc(C)c2c([Se]CC(F)(F)F)nc3ccccc3c2c1. The summed E-state index contributed by atoms with van der Waals surface area (Å²) in [6.07, 6.45) is -4.14. The minimum absolute atomic E-state index is 0.594. The number of aryl methyl sites for hydroxylation is 2. The van der Waals surface area contributed by atoms with Crippen LogP contribution in [0.15, 0.2) is 36.4 Å². The molecule has 0 bridgehead atoms. The molecular formula is C17H14F3NSe. The monoisotopic (exact) mass is 369 g/mol. The Kier molecular flexibility index (Phi) is 3.87. The van der Waals surface area contributed by atoms with Gasteiger partial charge in [0.15, 0.2) is 0 Å². The second-order valence-electron chi connectivity index (χ2n) is 5.34. The summed E-state index contributed by atoms with van der Waals surface area (Å²) in [5.41, 5.74) is 2.86. The van der Waals surface area contributed by atoms with E-state index in [2.05, 4.69) is 4.98 Å². The van der Waals surface area contributed by atoms with Crippen molar-refractivity contribution < 1.29 is 13.2 Å². The fourth-order valence-electron chi connectivity index (χ4n) is 2.68. The number of alkyl halides is 3. The van der Waals surface area contributed by atoms with Gasteiger partial charge in [-0.25, -0.2) is 0 Å². The first-order valence-electron chi connectivity index (χ1n) is 6.84. The van der Waals surface area contributed by atoms with Crippen molar-refractivity contribution in [3.05, 3.63) is 47.5 Å². The normalized spacial score (nSPS) is 12.2. The Morgan fingerprint density at radius 2 is 1.77 bits per heavy atom. The van der Waals surface area contributed by atoms with Crippen LogP contribution in [0.3, 0.4) is 0 Å². The maximum atomic E-state index is 12.6. The number of hydrogen-bond acceptors (Lipinski definition) is 1. The molecule has 0 radical (unpaired) electrons. The molecule has 1 heterocycles. The van der Waals surface area contributed by atoms with Gasteiger partial charge in [0.2, 0.25) is 0 Å². The first-order chi connectivity index (χ1) is 10.3. The van der Waals surface area contributed by atoms with Gasteiger partial charge in [0.1, 0.15) is 0 Å². The van der Waals surface area contributed by atoms with Gasteiger partial charge in [-0.05, 0) is 0 Å². The molecule has 22 heavy (non-hydrogen) atoms. The molecule has 0 saturated carbocycles. The maximum absolute atomic E-state index is 12.6. The third-order valence-corrected chi connectivity index (χ3v) is 5.67. The Balaban J connectivity index is 2.29. The zero-order valence-electron chi connectivity index (χ0n) is 12.2. The first kappa shape index (κ1) is 15.3. The number of benzene rings is 2. The fourth-order valence-corrected chi connectivity index (χ4v) is 4.53. The minimum atomic E-state index is -4.14. The molecule has 0 saturated heterocycles. The molecule has 0 spiro atoms. The third kappa shape index (κ3) is 2.96. The van der Waals surface area contributed by atoms with Crippen molar-refractivity contribution in [3.63, 3.8) is 0 Å². The zero-order valence-corrected chi connectivity index (χ0v) is 13.9. The van der Waals surface area contributed by atoms with Gasteiger partial charge < -0.3 is 0 Å². The Labute approximate surface area is 132 Å². The summed E-state index contributed by atoms with van der Waals surface area (Å²) in [5, 5.41) is 2.10. The van der Waals surface area contributed by atoms with E-state index in [9.17, 15) is 13.2 Å². The van der Waals surface area contributed by atoms with Crippen LogP contribution in [0.2, 0.25) is 5.32 Å². The predicted octanol–water partition coefficient (Wildman–Crippen LogP) is 4.31. The number of halogens is 3. The van der Waals surface area contributed by atoms with Gasteiger partial charge in [-0.15, -0.1) is 0 Å². The molecule has 0 amide bonds. The van der Waals surface area contributed by atoms with E-state index < -0.39 is 26.5 Å². The molecule has 3 rings (SSSR count). The van der Waals surface area contributed by atoms with Crippen LogP contribution < -0.4 is 4.59 Å². The van der Waals surface area contributed by atoms with Crippen molar-refractivity contribution >= 4 is 41.2 Å². The van der Waals surface area contributed by atoms with Crippen LogP contribution in [0.4, 0.5) is 13.2 Å². The van der Waals surface area contributed by atoms with Crippen LogP contribution in [0.1, 0.15) is 11.1 Å². The summed E-state index contributed by atoms with van der Waals surface area (Å²) < 4.78 is 38.4. The van der Waals surface area contributed by atoms with E-state index in [0.717, 1.165) is 32.8 Å². The molecule has 0 fully saturated rings. The summed E-state index contributed by atoms with van der Waals surface area (Å²) in [5.74, 6) is 0. The molecule has 0 aliphatic heterocycles. The van der Waals surface area contributed by atoms with E-state index in [-0.39, 0.29) is 0 Å². The Morgan fingerprint density at radius 1 is 1.05 bits per heavy atom. The molecule has 0 aliphatic rings. The molecule has 1 aromatic heterocycles. The van der Waals surface area contributed by atoms with Crippen molar-refractivity contribution in [2.75, 3.05) is 0 Å². The van der Waals surface area contributed by atoms with Gasteiger partial charge in [0.25, 0.3) is 0 Å². The standard InChI is InChI=1S/C17H14F3NSe/c1-10-7-11(2)15-13(8-10)12-5-3-4-6-14(12)21-16(15)22-9-17(18,19)20/h3-8H,9H2,1-2H3. The van der Waals surface area contributed by atoms with E-state index in [4.69, 9.17) is 0 Å². The van der Waals surface area contributed by atoms with Gasteiger partial charge in [-0.3, -0.25) is 0 Å². The van der Waals surface area contributed by atoms with Crippen molar-refractivity contribution in [2.45, 2.75) is 25.3 Å². The van der Waals surface area contributed by atoms with Crippen molar-refractivity contribution in [2.24, 2.45) is 0 Å². The van der Waals surface area contributed by atoms with Crippen LogP contribution in [0, 0.1) is 13.8 Å². The van der Waals surface area contributed by atoms with Crippen molar-refractivity contribution in [1.82, 2.24) is 4.98 Å². The molecule has 0 aliphatic carbocycles. The van der Waals surface area contributed by atoms with Crippen LogP contribution in [-0.4, -0.2) is 26.1 Å². The average Bonchev–Trinajstić information content (AvgIpc) is 2.43. The van der Waals surface area contributed by atoms with E-state index in [1.54, 1.807) is 0 Å². The number of aromatic nitrogens is 1. The van der Waals surface area contributed by atoms with Gasteiger partial charge >= 0.3 is 132 Å². The zero-order chi connectivity index (χ0) is 15.9. The molecule has 3 aromatic rings.